The van der Waals surface area contributed by atoms with Crippen LogP contribution in [-0.4, -0.2) is 10.9 Å². The van der Waals surface area contributed by atoms with Crippen LogP contribution in [0.3, 0.4) is 0 Å². The summed E-state index contributed by atoms with van der Waals surface area (Å²) >= 11 is 1.57. The molecule has 1 aromatic carbocycles. The second kappa shape index (κ2) is 6.54. The van der Waals surface area contributed by atoms with Crippen molar-refractivity contribution in [2.45, 2.75) is 29.8 Å². The van der Waals surface area contributed by atoms with Crippen molar-refractivity contribution in [3.8, 4) is 0 Å². The minimum absolute atomic E-state index is 0.000470. The third kappa shape index (κ3) is 4.08. The number of carbonyl (C=O) groups is 1. The monoisotopic (exact) mass is 287 g/mol. The normalized spacial score (nSPS) is 11.9. The smallest absolute Gasteiger partial charge is 0.221 e. The minimum Gasteiger partial charge on any atom is -0.326 e. The van der Waals surface area contributed by atoms with E-state index in [-0.39, 0.29) is 11.9 Å². The molecule has 5 heteroatoms. The van der Waals surface area contributed by atoms with Gasteiger partial charge in [-0.3, -0.25) is 4.79 Å². The zero-order chi connectivity index (χ0) is 14.5. The summed E-state index contributed by atoms with van der Waals surface area (Å²) in [5, 5.41) is 3.65. The van der Waals surface area contributed by atoms with Gasteiger partial charge in [-0.15, -0.1) is 0 Å². The van der Waals surface area contributed by atoms with Crippen LogP contribution in [-0.2, 0) is 4.79 Å². The Labute approximate surface area is 122 Å². The summed E-state index contributed by atoms with van der Waals surface area (Å²) in [4.78, 5) is 16.3. The number of amides is 1. The molecule has 0 saturated heterocycles. The summed E-state index contributed by atoms with van der Waals surface area (Å²) in [6, 6.07) is 11.6. The van der Waals surface area contributed by atoms with Crippen LogP contribution in [0.1, 0.15) is 25.5 Å². The lowest BCUT2D eigenvalue weighted by molar-refractivity contribution is -0.114. The van der Waals surface area contributed by atoms with E-state index in [9.17, 15) is 4.79 Å². The topological polar surface area (TPSA) is 68.0 Å². The maximum atomic E-state index is 11.0. The van der Waals surface area contributed by atoms with Crippen LogP contribution in [0.4, 0.5) is 5.69 Å². The van der Waals surface area contributed by atoms with Crippen LogP contribution in [0.2, 0.25) is 0 Å². The first-order valence-electron chi connectivity index (χ1n) is 6.31. The first kappa shape index (κ1) is 14.6. The van der Waals surface area contributed by atoms with Crippen LogP contribution < -0.4 is 11.1 Å². The molecule has 0 saturated carbocycles. The highest BCUT2D eigenvalue weighted by Gasteiger charge is 2.04. The Balaban J connectivity index is 2.10. The number of nitrogens with zero attached hydrogens (tertiary/aromatic N) is 1. The Kier molecular flexibility index (Phi) is 4.76. The largest absolute Gasteiger partial charge is 0.326 e. The van der Waals surface area contributed by atoms with Crippen molar-refractivity contribution in [2.75, 3.05) is 5.32 Å². The van der Waals surface area contributed by atoms with Crippen LogP contribution in [0.25, 0.3) is 0 Å². The molecule has 3 N–H and O–H groups in total. The minimum atomic E-state index is -0.0725. The molecule has 104 valence electrons. The quantitative estimate of drug-likeness (QED) is 0.906. The zero-order valence-electron chi connectivity index (χ0n) is 11.5. The Morgan fingerprint density at radius 1 is 1.30 bits per heavy atom. The van der Waals surface area contributed by atoms with Gasteiger partial charge in [-0.2, -0.15) is 0 Å². The molecule has 20 heavy (non-hydrogen) atoms. The van der Waals surface area contributed by atoms with E-state index in [1.165, 1.54) is 6.92 Å². The molecule has 1 amide bonds. The molecule has 0 unspecified atom stereocenters. The van der Waals surface area contributed by atoms with Crippen molar-refractivity contribution >= 4 is 23.4 Å². The van der Waals surface area contributed by atoms with E-state index in [1.807, 2.05) is 43.3 Å². The fourth-order valence-electron chi connectivity index (χ4n) is 1.69. The maximum Gasteiger partial charge on any atom is 0.221 e. The van der Waals surface area contributed by atoms with E-state index < -0.39 is 0 Å². The van der Waals surface area contributed by atoms with Gasteiger partial charge in [-0.25, -0.2) is 4.98 Å². The molecule has 0 bridgehead atoms. The number of rotatable bonds is 4. The van der Waals surface area contributed by atoms with E-state index in [2.05, 4.69) is 10.3 Å². The number of nitrogens with one attached hydrogen (secondary N) is 1. The van der Waals surface area contributed by atoms with E-state index in [1.54, 1.807) is 18.0 Å². The van der Waals surface area contributed by atoms with Crippen molar-refractivity contribution in [3.63, 3.8) is 0 Å². The molecule has 2 rings (SSSR count). The molecule has 0 spiro atoms. The lowest BCUT2D eigenvalue weighted by Gasteiger charge is -2.08. The van der Waals surface area contributed by atoms with Crippen molar-refractivity contribution < 1.29 is 4.79 Å². The number of nitrogens with two attached hydrogens (primary N) is 1. The lowest BCUT2D eigenvalue weighted by atomic mass is 10.1. The van der Waals surface area contributed by atoms with Crippen LogP contribution >= 0.6 is 11.8 Å². The van der Waals surface area contributed by atoms with Gasteiger partial charge in [-0.1, -0.05) is 11.8 Å². The van der Waals surface area contributed by atoms with Gasteiger partial charge in [0.1, 0.15) is 5.03 Å². The molecule has 4 nitrogen and oxygen atoms in total. The molecule has 0 fully saturated rings. The third-order valence-corrected chi connectivity index (χ3v) is 3.62. The number of benzene rings is 1. The molecule has 1 aromatic heterocycles. The fourth-order valence-corrected chi connectivity index (χ4v) is 2.52. The highest BCUT2D eigenvalue weighted by molar-refractivity contribution is 7.99. The van der Waals surface area contributed by atoms with E-state index in [0.717, 1.165) is 21.2 Å². The Hall–Kier alpha value is -1.85. The molecular formula is C15H17N3OS. The first-order valence-corrected chi connectivity index (χ1v) is 7.13. The maximum absolute atomic E-state index is 11.0. The highest BCUT2D eigenvalue weighted by atomic mass is 32.2. The molecule has 0 aliphatic heterocycles. The second-order valence-electron chi connectivity index (χ2n) is 4.52. The van der Waals surface area contributed by atoms with Gasteiger partial charge in [0.25, 0.3) is 0 Å². The zero-order valence-corrected chi connectivity index (χ0v) is 12.3. The molecular weight excluding hydrogens is 270 g/mol. The number of hydrogen-bond acceptors (Lipinski definition) is 4. The molecule has 1 heterocycles. The van der Waals surface area contributed by atoms with E-state index >= 15 is 0 Å². The van der Waals surface area contributed by atoms with E-state index in [4.69, 9.17) is 5.73 Å². The van der Waals surface area contributed by atoms with Gasteiger partial charge in [0, 0.05) is 29.7 Å². The second-order valence-corrected chi connectivity index (χ2v) is 5.62. The molecule has 0 aliphatic rings. The third-order valence-electron chi connectivity index (χ3n) is 2.68. The van der Waals surface area contributed by atoms with Crippen molar-refractivity contribution in [1.82, 2.24) is 4.98 Å². The van der Waals surface area contributed by atoms with Crippen LogP contribution in [0.15, 0.2) is 52.5 Å². The number of anilines is 1. The van der Waals surface area contributed by atoms with E-state index in [0.29, 0.717) is 0 Å². The van der Waals surface area contributed by atoms with Gasteiger partial charge in [0.05, 0.1) is 0 Å². The van der Waals surface area contributed by atoms with Gasteiger partial charge in [-0.05, 0) is 48.9 Å². The number of aromatic nitrogens is 1. The van der Waals surface area contributed by atoms with Gasteiger partial charge < -0.3 is 11.1 Å². The summed E-state index contributed by atoms with van der Waals surface area (Å²) in [6.07, 6.45) is 1.77. The Morgan fingerprint density at radius 2 is 2.00 bits per heavy atom. The summed E-state index contributed by atoms with van der Waals surface area (Å²) in [5.41, 5.74) is 7.72. The average molecular weight is 287 g/mol. The van der Waals surface area contributed by atoms with Crippen molar-refractivity contribution in [1.29, 1.82) is 0 Å². The first-order chi connectivity index (χ1) is 9.54. The van der Waals surface area contributed by atoms with Gasteiger partial charge >= 0.3 is 0 Å². The van der Waals surface area contributed by atoms with Crippen molar-refractivity contribution in [3.05, 3.63) is 48.2 Å². The predicted molar refractivity (Wildman–Crippen MR) is 81.7 cm³/mol. The molecule has 0 aliphatic carbocycles. The standard InChI is InChI=1S/C15H17N3OS/c1-10(16)12-7-8-17-15(9-12)20-14-5-3-13(4-6-14)18-11(2)19/h3-10H,16H2,1-2H3,(H,18,19)/t10-/m1/s1. The molecule has 2 aromatic rings. The molecule has 0 radical (unpaired) electrons. The number of carbonyl (C=O) groups excluding carboxylic acids is 1. The Morgan fingerprint density at radius 3 is 2.60 bits per heavy atom. The van der Waals surface area contributed by atoms with Gasteiger partial charge in [0.2, 0.25) is 5.91 Å². The molecule has 1 atom stereocenters. The van der Waals surface area contributed by atoms with Crippen LogP contribution in [0, 0.1) is 0 Å². The van der Waals surface area contributed by atoms with Gasteiger partial charge in [0.15, 0.2) is 0 Å². The van der Waals surface area contributed by atoms with Crippen molar-refractivity contribution in [2.24, 2.45) is 5.73 Å². The Bertz CT molecular complexity index is 596. The fraction of sp³-hybridized carbons (Fsp3) is 0.200. The summed E-state index contributed by atoms with van der Waals surface area (Å²) in [7, 11) is 0. The summed E-state index contributed by atoms with van der Waals surface area (Å²) in [6.45, 7) is 3.44. The summed E-state index contributed by atoms with van der Waals surface area (Å²) < 4.78 is 0. The SMILES string of the molecule is CC(=O)Nc1ccc(Sc2cc([C@@H](C)N)ccn2)cc1. The number of hydrogen-bond donors (Lipinski definition) is 2. The summed E-state index contributed by atoms with van der Waals surface area (Å²) in [5.74, 6) is -0.0725. The average Bonchev–Trinajstić information content (AvgIpc) is 2.41. The highest BCUT2D eigenvalue weighted by Crippen LogP contribution is 2.28. The predicted octanol–water partition coefficient (Wildman–Crippen LogP) is 3.21. The lowest BCUT2D eigenvalue weighted by Crippen LogP contribution is -2.05. The van der Waals surface area contributed by atoms with Crippen LogP contribution in [0.5, 0.6) is 0 Å². The number of pyridine rings is 1.